The Balaban J connectivity index is 0.000000270. The summed E-state index contributed by atoms with van der Waals surface area (Å²) in [5.41, 5.74) is 8.98. The number of para-hydroxylation sites is 1. The third-order valence-electron chi connectivity index (χ3n) is 8.21. The van der Waals surface area contributed by atoms with Crippen molar-refractivity contribution in [1.29, 1.82) is 0 Å². The van der Waals surface area contributed by atoms with E-state index >= 15 is 0 Å². The summed E-state index contributed by atoms with van der Waals surface area (Å²) in [4.78, 5) is 14.0. The molecular weight excluding hydrogens is 769 g/mol. The number of pyridine rings is 2. The van der Waals surface area contributed by atoms with Gasteiger partial charge in [-0.25, -0.2) is 0 Å². The normalized spacial score (nSPS) is 12.0. The zero-order valence-electron chi connectivity index (χ0n) is 28.6. The second-order valence-electron chi connectivity index (χ2n) is 12.8. The van der Waals surface area contributed by atoms with Gasteiger partial charge in [0, 0.05) is 49.9 Å². The van der Waals surface area contributed by atoms with Gasteiger partial charge in [0.1, 0.15) is 5.58 Å². The Labute approximate surface area is 296 Å². The van der Waals surface area contributed by atoms with Crippen LogP contribution in [0.2, 0.25) is 0 Å². The third-order valence-corrected chi connectivity index (χ3v) is 8.21. The molecule has 4 heterocycles. The van der Waals surface area contributed by atoms with E-state index in [-0.39, 0.29) is 25.5 Å². The van der Waals surface area contributed by atoms with E-state index in [1.54, 1.807) is 6.20 Å². The van der Waals surface area contributed by atoms with Crippen LogP contribution in [0.3, 0.4) is 0 Å². The molecule has 241 valence electrons. The second-order valence-corrected chi connectivity index (χ2v) is 12.8. The standard InChI is InChI=1S/C31H28N3O.C11H8N.Ir/c1-19(2)20-14-15-22-23-12-9-13-24(29(23)35-27(22)16-20)30-33-25-18-32-28(31(3,4)5)17-26(25)34(30)21-10-7-6-8-11-21;1-2-6-10(7-3-1)11-8-4-5-9-12-11;/h6-12,14-19H,1-5H3;1-6,8-9H;/q2*-1;/i19D;;. The van der Waals surface area contributed by atoms with Crippen molar-refractivity contribution in [3.05, 3.63) is 145 Å². The van der Waals surface area contributed by atoms with Crippen LogP contribution in [0.4, 0.5) is 0 Å². The first kappa shape index (κ1) is 31.7. The van der Waals surface area contributed by atoms with Crippen molar-refractivity contribution in [2.24, 2.45) is 0 Å². The molecule has 0 saturated carbocycles. The monoisotopic (exact) mass is 806 g/mol. The van der Waals surface area contributed by atoms with Gasteiger partial charge < -0.3 is 14.0 Å². The molecule has 0 aliphatic heterocycles. The fourth-order valence-electron chi connectivity index (χ4n) is 5.69. The predicted molar refractivity (Wildman–Crippen MR) is 192 cm³/mol. The molecule has 0 bridgehead atoms. The summed E-state index contributed by atoms with van der Waals surface area (Å²) >= 11 is 0. The van der Waals surface area contributed by atoms with Gasteiger partial charge in [0.2, 0.25) is 0 Å². The minimum atomic E-state index is -0.707. The Morgan fingerprint density at radius 2 is 1.60 bits per heavy atom. The van der Waals surface area contributed by atoms with Crippen LogP contribution in [0.5, 0.6) is 0 Å². The summed E-state index contributed by atoms with van der Waals surface area (Å²) in [5.74, 6) is 0.0519. The number of fused-ring (bicyclic) bond motifs is 4. The van der Waals surface area contributed by atoms with E-state index in [1.807, 2.05) is 105 Å². The summed E-state index contributed by atoms with van der Waals surface area (Å²) in [7, 11) is 0. The topological polar surface area (TPSA) is 56.7 Å². The van der Waals surface area contributed by atoms with Crippen LogP contribution in [0.1, 0.15) is 53.1 Å². The SMILES string of the molecule is [2H]C(C)(C)c1ccc2c(c1)oc1c(-c3nc4cnc(C(C)(C)C)cc4n3-c3ccccc3)[c-]ccc12.[Ir].[c-]1ccccc1-c1ccccn1. The maximum atomic E-state index is 8.44. The van der Waals surface area contributed by atoms with Crippen molar-refractivity contribution >= 4 is 33.0 Å². The van der Waals surface area contributed by atoms with E-state index in [0.29, 0.717) is 0 Å². The predicted octanol–water partition coefficient (Wildman–Crippen LogP) is 10.8. The zero-order chi connectivity index (χ0) is 33.5. The number of rotatable bonds is 4. The summed E-state index contributed by atoms with van der Waals surface area (Å²) in [6.07, 6.45) is 3.65. The molecule has 8 rings (SSSR count). The Morgan fingerprint density at radius 1 is 0.812 bits per heavy atom. The van der Waals surface area contributed by atoms with Gasteiger partial charge in [-0.05, 0) is 47.5 Å². The maximum Gasteiger partial charge on any atom is 0.121 e. The first-order chi connectivity index (χ1) is 23.1. The van der Waals surface area contributed by atoms with Gasteiger partial charge in [0.15, 0.2) is 0 Å². The van der Waals surface area contributed by atoms with Gasteiger partial charge in [0.05, 0.1) is 28.6 Å². The third kappa shape index (κ3) is 6.47. The molecule has 0 unspecified atom stereocenters. The molecule has 0 amide bonds. The number of hydrogen-bond donors (Lipinski definition) is 0. The molecule has 8 aromatic rings. The first-order valence-corrected chi connectivity index (χ1v) is 15.8. The number of benzene rings is 4. The minimum Gasteiger partial charge on any atom is -0.501 e. The molecule has 0 saturated heterocycles. The molecule has 0 atom stereocenters. The average molecular weight is 806 g/mol. The summed E-state index contributed by atoms with van der Waals surface area (Å²) < 4.78 is 17.1. The molecule has 5 nitrogen and oxygen atoms in total. The molecule has 4 aromatic heterocycles. The van der Waals surface area contributed by atoms with Crippen molar-refractivity contribution in [2.45, 2.75) is 45.9 Å². The molecule has 1 radical (unpaired) electrons. The van der Waals surface area contributed by atoms with Crippen molar-refractivity contribution in [1.82, 2.24) is 19.5 Å². The Morgan fingerprint density at radius 3 is 2.31 bits per heavy atom. The minimum absolute atomic E-state index is 0. The fourth-order valence-corrected chi connectivity index (χ4v) is 5.69. The fraction of sp³-hybridized carbons (Fsp3) is 0.167. The molecule has 0 aliphatic rings. The maximum absolute atomic E-state index is 8.44. The van der Waals surface area contributed by atoms with Crippen LogP contribution in [0, 0.1) is 12.1 Å². The van der Waals surface area contributed by atoms with E-state index in [0.717, 1.165) is 72.6 Å². The Bertz CT molecular complexity index is 2320. The quantitative estimate of drug-likeness (QED) is 0.166. The van der Waals surface area contributed by atoms with E-state index in [2.05, 4.69) is 66.7 Å². The van der Waals surface area contributed by atoms with Crippen LogP contribution < -0.4 is 0 Å². The summed E-state index contributed by atoms with van der Waals surface area (Å²) in [5, 5.41) is 2.03. The zero-order valence-corrected chi connectivity index (χ0v) is 30.0. The molecule has 0 fully saturated rings. The molecular formula is C42H36IrN4O-2. The van der Waals surface area contributed by atoms with E-state index in [9.17, 15) is 0 Å². The van der Waals surface area contributed by atoms with E-state index in [1.165, 1.54) is 0 Å². The van der Waals surface area contributed by atoms with E-state index in [4.69, 9.17) is 15.8 Å². The van der Waals surface area contributed by atoms with Crippen molar-refractivity contribution in [2.75, 3.05) is 0 Å². The molecule has 6 heteroatoms. The van der Waals surface area contributed by atoms with Crippen LogP contribution in [0.15, 0.2) is 126 Å². The van der Waals surface area contributed by atoms with Crippen molar-refractivity contribution in [3.8, 4) is 28.3 Å². The number of imidazole rings is 1. The summed E-state index contributed by atoms with van der Waals surface area (Å²) in [6, 6.07) is 42.6. The number of furan rings is 1. The van der Waals surface area contributed by atoms with Crippen LogP contribution >= 0.6 is 0 Å². The number of aromatic nitrogens is 4. The van der Waals surface area contributed by atoms with Gasteiger partial charge in [-0.15, -0.1) is 54.1 Å². The van der Waals surface area contributed by atoms with Crippen molar-refractivity contribution in [3.63, 3.8) is 0 Å². The van der Waals surface area contributed by atoms with Gasteiger partial charge in [0.25, 0.3) is 0 Å². The van der Waals surface area contributed by atoms with Crippen LogP contribution in [0.25, 0.3) is 61.3 Å². The number of nitrogens with zero attached hydrogens (tertiary/aromatic N) is 4. The average Bonchev–Trinajstić information content (AvgIpc) is 3.67. The van der Waals surface area contributed by atoms with Crippen LogP contribution in [-0.2, 0) is 25.5 Å². The van der Waals surface area contributed by atoms with Gasteiger partial charge >= 0.3 is 0 Å². The van der Waals surface area contributed by atoms with Gasteiger partial charge in [-0.2, -0.15) is 0 Å². The van der Waals surface area contributed by atoms with Crippen LogP contribution in [-0.4, -0.2) is 19.5 Å². The first-order valence-electron chi connectivity index (χ1n) is 16.3. The Kier molecular flexibility index (Phi) is 9.03. The second kappa shape index (κ2) is 13.7. The Hall–Kier alpha value is -4.90. The summed E-state index contributed by atoms with van der Waals surface area (Å²) in [6.45, 7) is 10.3. The molecule has 0 aliphatic carbocycles. The van der Waals surface area contributed by atoms with Gasteiger partial charge in [-0.3, -0.25) is 9.97 Å². The van der Waals surface area contributed by atoms with Crippen molar-refractivity contribution < 1.29 is 25.9 Å². The smallest absolute Gasteiger partial charge is 0.121 e. The molecule has 48 heavy (non-hydrogen) atoms. The largest absolute Gasteiger partial charge is 0.501 e. The van der Waals surface area contributed by atoms with Gasteiger partial charge in [-0.1, -0.05) is 88.0 Å². The molecule has 0 spiro atoms. The molecule has 4 aromatic carbocycles. The van der Waals surface area contributed by atoms with E-state index < -0.39 is 5.89 Å². The number of hydrogen-bond acceptors (Lipinski definition) is 4. The molecule has 0 N–H and O–H groups in total.